The predicted molar refractivity (Wildman–Crippen MR) is 105 cm³/mol. The molecule has 1 amide bonds. The van der Waals surface area contributed by atoms with E-state index >= 15 is 0 Å². The Balaban J connectivity index is 1.56. The molecule has 0 radical (unpaired) electrons. The Morgan fingerprint density at radius 1 is 1.10 bits per heavy atom. The van der Waals surface area contributed by atoms with Gasteiger partial charge in [-0.1, -0.05) is 36.4 Å². The van der Waals surface area contributed by atoms with Gasteiger partial charge in [-0.15, -0.1) is 0 Å². The summed E-state index contributed by atoms with van der Waals surface area (Å²) >= 11 is 0. The Morgan fingerprint density at radius 3 is 2.66 bits per heavy atom. The van der Waals surface area contributed by atoms with Crippen LogP contribution in [-0.4, -0.2) is 31.6 Å². The van der Waals surface area contributed by atoms with Gasteiger partial charge in [0.15, 0.2) is 6.61 Å². The van der Waals surface area contributed by atoms with Gasteiger partial charge in [0, 0.05) is 24.1 Å². The highest BCUT2D eigenvalue weighted by Gasteiger charge is 2.22. The van der Waals surface area contributed by atoms with Crippen molar-refractivity contribution < 1.29 is 27.9 Å². The second-order valence-electron chi connectivity index (χ2n) is 6.31. The highest BCUT2D eigenvalue weighted by Crippen LogP contribution is 2.27. The number of ether oxygens (including phenoxy) is 2. The molecule has 0 spiro atoms. The van der Waals surface area contributed by atoms with Crippen molar-refractivity contribution >= 4 is 22.8 Å². The Labute approximate surface area is 167 Å². The number of nitrogens with one attached hydrogen (secondary N) is 1. The van der Waals surface area contributed by atoms with Crippen LogP contribution in [0.2, 0.25) is 0 Å². The van der Waals surface area contributed by atoms with Crippen LogP contribution < -0.4 is 5.32 Å². The summed E-state index contributed by atoms with van der Waals surface area (Å²) in [7, 11) is 0. The molecule has 1 heterocycles. The lowest BCUT2D eigenvalue weighted by molar-refractivity contribution is -0.124. The number of fused-ring (bicyclic) bond motifs is 1. The van der Waals surface area contributed by atoms with Gasteiger partial charge in [0.05, 0.1) is 6.61 Å². The highest BCUT2D eigenvalue weighted by atomic mass is 19.1. The smallest absolute Gasteiger partial charge is 0.375 e. The minimum Gasteiger partial charge on any atom is -0.450 e. The third-order valence-electron chi connectivity index (χ3n) is 4.34. The van der Waals surface area contributed by atoms with E-state index in [0.29, 0.717) is 29.7 Å². The van der Waals surface area contributed by atoms with Gasteiger partial charge in [-0.05, 0) is 31.0 Å². The van der Waals surface area contributed by atoms with Gasteiger partial charge in [0.25, 0.3) is 5.91 Å². The van der Waals surface area contributed by atoms with Crippen LogP contribution in [0.1, 0.15) is 28.6 Å². The molecule has 0 atom stereocenters. The SMILES string of the molecule is CCOCc1c(C(=O)OCC(=O)NCCc2ccccc2F)oc2ccccc12. The van der Waals surface area contributed by atoms with E-state index in [1.807, 2.05) is 19.1 Å². The number of rotatable bonds is 9. The first-order valence-corrected chi connectivity index (χ1v) is 9.35. The van der Waals surface area contributed by atoms with Gasteiger partial charge >= 0.3 is 5.97 Å². The molecule has 3 aromatic rings. The summed E-state index contributed by atoms with van der Waals surface area (Å²) in [6.07, 6.45) is 0.342. The first-order valence-electron chi connectivity index (χ1n) is 9.35. The number of benzene rings is 2. The van der Waals surface area contributed by atoms with Crippen molar-refractivity contribution in [2.75, 3.05) is 19.8 Å². The van der Waals surface area contributed by atoms with E-state index in [-0.39, 0.29) is 24.7 Å². The zero-order valence-electron chi connectivity index (χ0n) is 16.1. The summed E-state index contributed by atoms with van der Waals surface area (Å²) in [5.41, 5.74) is 1.64. The van der Waals surface area contributed by atoms with Crippen molar-refractivity contribution in [2.45, 2.75) is 20.0 Å². The largest absolute Gasteiger partial charge is 0.450 e. The molecule has 0 aliphatic heterocycles. The molecule has 7 heteroatoms. The molecule has 29 heavy (non-hydrogen) atoms. The summed E-state index contributed by atoms with van der Waals surface area (Å²) in [6, 6.07) is 13.6. The molecule has 0 aliphatic carbocycles. The third kappa shape index (κ3) is 5.20. The van der Waals surface area contributed by atoms with Crippen LogP contribution in [0.5, 0.6) is 0 Å². The fourth-order valence-corrected chi connectivity index (χ4v) is 2.90. The molecule has 152 valence electrons. The number of esters is 1. The van der Waals surface area contributed by atoms with E-state index in [1.54, 1.807) is 30.3 Å². The standard InChI is InChI=1S/C22H22FNO5/c1-2-27-13-17-16-8-4-6-10-19(16)29-21(17)22(26)28-14-20(25)24-12-11-15-7-3-5-9-18(15)23/h3-10H,2,11-14H2,1H3,(H,24,25). The second kappa shape index (κ2) is 9.84. The first kappa shape index (κ1) is 20.5. The second-order valence-corrected chi connectivity index (χ2v) is 6.31. The quantitative estimate of drug-likeness (QED) is 0.556. The Morgan fingerprint density at radius 2 is 1.86 bits per heavy atom. The van der Waals surface area contributed by atoms with E-state index in [0.717, 1.165) is 5.39 Å². The van der Waals surface area contributed by atoms with Gasteiger partial charge in [-0.25, -0.2) is 9.18 Å². The van der Waals surface area contributed by atoms with Gasteiger partial charge in [0.1, 0.15) is 11.4 Å². The number of amides is 1. The summed E-state index contributed by atoms with van der Waals surface area (Å²) in [5.74, 6) is -1.50. The molecular formula is C22H22FNO5. The Kier molecular flexibility index (Phi) is 6.97. The summed E-state index contributed by atoms with van der Waals surface area (Å²) < 4.78 is 29.7. The van der Waals surface area contributed by atoms with Crippen LogP contribution in [0, 0.1) is 5.82 Å². The lowest BCUT2D eigenvalue weighted by Crippen LogP contribution is -2.30. The van der Waals surface area contributed by atoms with Crippen molar-refractivity contribution in [3.05, 3.63) is 71.2 Å². The molecule has 0 saturated heterocycles. The van der Waals surface area contributed by atoms with E-state index < -0.39 is 18.5 Å². The molecule has 0 bridgehead atoms. The van der Waals surface area contributed by atoms with E-state index in [4.69, 9.17) is 13.9 Å². The number of carbonyl (C=O) groups is 2. The monoisotopic (exact) mass is 399 g/mol. The molecule has 0 saturated carbocycles. The number of halogens is 1. The molecule has 0 aliphatic rings. The van der Waals surface area contributed by atoms with Gasteiger partial charge in [0.2, 0.25) is 5.76 Å². The number of para-hydroxylation sites is 1. The maximum atomic E-state index is 13.6. The molecule has 0 fully saturated rings. The molecule has 1 aromatic heterocycles. The molecule has 2 aromatic carbocycles. The van der Waals surface area contributed by atoms with Crippen LogP contribution in [0.15, 0.2) is 52.9 Å². The average molecular weight is 399 g/mol. The van der Waals surface area contributed by atoms with Gasteiger partial charge in [-0.2, -0.15) is 0 Å². The third-order valence-corrected chi connectivity index (χ3v) is 4.34. The van der Waals surface area contributed by atoms with Crippen LogP contribution in [-0.2, 0) is 27.3 Å². The molecule has 1 N–H and O–H groups in total. The summed E-state index contributed by atoms with van der Waals surface area (Å²) in [6.45, 7) is 2.32. The summed E-state index contributed by atoms with van der Waals surface area (Å²) in [4.78, 5) is 24.4. The van der Waals surface area contributed by atoms with Crippen molar-refractivity contribution in [3.8, 4) is 0 Å². The zero-order valence-corrected chi connectivity index (χ0v) is 16.1. The Bertz CT molecular complexity index is 998. The first-order chi connectivity index (χ1) is 14.1. The topological polar surface area (TPSA) is 77.8 Å². The lowest BCUT2D eigenvalue weighted by Gasteiger charge is -2.07. The number of carbonyl (C=O) groups excluding carboxylic acids is 2. The highest BCUT2D eigenvalue weighted by molar-refractivity contribution is 5.96. The van der Waals surface area contributed by atoms with Gasteiger partial charge < -0.3 is 19.2 Å². The minimum atomic E-state index is -0.736. The van der Waals surface area contributed by atoms with Crippen LogP contribution in [0.25, 0.3) is 11.0 Å². The van der Waals surface area contributed by atoms with Crippen molar-refractivity contribution in [1.29, 1.82) is 0 Å². The normalized spacial score (nSPS) is 10.8. The molecule has 6 nitrogen and oxygen atoms in total. The van der Waals surface area contributed by atoms with E-state index in [2.05, 4.69) is 5.32 Å². The molecule has 3 rings (SSSR count). The molecular weight excluding hydrogens is 377 g/mol. The fourth-order valence-electron chi connectivity index (χ4n) is 2.90. The Hall–Kier alpha value is -3.19. The van der Waals surface area contributed by atoms with Crippen molar-refractivity contribution in [2.24, 2.45) is 0 Å². The van der Waals surface area contributed by atoms with E-state index in [1.165, 1.54) is 6.07 Å². The number of hydrogen-bond acceptors (Lipinski definition) is 5. The van der Waals surface area contributed by atoms with Crippen molar-refractivity contribution in [3.63, 3.8) is 0 Å². The van der Waals surface area contributed by atoms with Crippen LogP contribution in [0.4, 0.5) is 4.39 Å². The molecule has 0 unspecified atom stereocenters. The lowest BCUT2D eigenvalue weighted by atomic mass is 10.1. The summed E-state index contributed by atoms with van der Waals surface area (Å²) in [5, 5.41) is 3.37. The van der Waals surface area contributed by atoms with Gasteiger partial charge in [-0.3, -0.25) is 4.79 Å². The van der Waals surface area contributed by atoms with Crippen LogP contribution >= 0.6 is 0 Å². The fraction of sp³-hybridized carbons (Fsp3) is 0.273. The average Bonchev–Trinajstić information content (AvgIpc) is 3.10. The number of furan rings is 1. The number of hydrogen-bond donors (Lipinski definition) is 1. The predicted octanol–water partition coefficient (Wildman–Crippen LogP) is 3.62. The van der Waals surface area contributed by atoms with E-state index in [9.17, 15) is 14.0 Å². The zero-order chi connectivity index (χ0) is 20.6. The maximum absolute atomic E-state index is 13.6. The van der Waals surface area contributed by atoms with Crippen molar-refractivity contribution in [1.82, 2.24) is 5.32 Å². The minimum absolute atomic E-state index is 0.0267. The maximum Gasteiger partial charge on any atom is 0.375 e. The van der Waals surface area contributed by atoms with Crippen LogP contribution in [0.3, 0.4) is 0 Å².